The van der Waals surface area contributed by atoms with Crippen LogP contribution in [-0.4, -0.2) is 11.7 Å². The molecular formula is C18H23NO. The fraction of sp³-hybridized carbons (Fsp3) is 0.333. The minimum atomic E-state index is -0.410. The van der Waals surface area contributed by atoms with E-state index in [1.54, 1.807) is 0 Å². The third-order valence-electron chi connectivity index (χ3n) is 3.59. The monoisotopic (exact) mass is 269 g/mol. The van der Waals surface area contributed by atoms with Gasteiger partial charge >= 0.3 is 0 Å². The molecule has 2 rings (SSSR count). The molecule has 0 heterocycles. The topological polar surface area (TPSA) is 32.3 Å². The first-order valence-electron chi connectivity index (χ1n) is 7.12. The molecule has 2 N–H and O–H groups in total. The van der Waals surface area contributed by atoms with Gasteiger partial charge in [-0.3, -0.25) is 0 Å². The van der Waals surface area contributed by atoms with Gasteiger partial charge in [0, 0.05) is 12.2 Å². The molecule has 0 saturated heterocycles. The van der Waals surface area contributed by atoms with E-state index in [4.69, 9.17) is 0 Å². The molecule has 0 fully saturated rings. The van der Waals surface area contributed by atoms with Crippen LogP contribution < -0.4 is 5.32 Å². The molecule has 0 spiro atoms. The van der Waals surface area contributed by atoms with Gasteiger partial charge in [0.05, 0.1) is 6.10 Å². The zero-order valence-electron chi connectivity index (χ0n) is 12.5. The van der Waals surface area contributed by atoms with Crippen molar-refractivity contribution in [1.29, 1.82) is 0 Å². The van der Waals surface area contributed by atoms with Crippen LogP contribution in [0.2, 0.25) is 0 Å². The lowest BCUT2D eigenvalue weighted by atomic mass is 9.94. The Balaban J connectivity index is 1.97. The largest absolute Gasteiger partial charge is 0.388 e. The van der Waals surface area contributed by atoms with Gasteiger partial charge in [0.15, 0.2) is 0 Å². The Hall–Kier alpha value is -1.80. The lowest BCUT2D eigenvalue weighted by Gasteiger charge is -2.18. The van der Waals surface area contributed by atoms with E-state index in [0.29, 0.717) is 6.42 Å². The molecule has 0 saturated carbocycles. The maximum absolute atomic E-state index is 10.4. The molecule has 2 aromatic rings. The van der Waals surface area contributed by atoms with Crippen LogP contribution >= 0.6 is 0 Å². The van der Waals surface area contributed by atoms with Gasteiger partial charge in [-0.25, -0.2) is 0 Å². The molecule has 0 radical (unpaired) electrons. The summed E-state index contributed by atoms with van der Waals surface area (Å²) in [6, 6.07) is 14.4. The zero-order chi connectivity index (χ0) is 14.5. The van der Waals surface area contributed by atoms with E-state index in [9.17, 15) is 5.11 Å². The van der Waals surface area contributed by atoms with Crippen molar-refractivity contribution in [2.24, 2.45) is 0 Å². The molecule has 2 aromatic carbocycles. The molecule has 0 aromatic heterocycles. The molecule has 0 aliphatic rings. The number of rotatable bonds is 5. The second kappa shape index (κ2) is 6.58. The highest BCUT2D eigenvalue weighted by Gasteiger charge is 2.13. The van der Waals surface area contributed by atoms with Gasteiger partial charge in [0.1, 0.15) is 0 Å². The number of nitrogens with one attached hydrogen (secondary N) is 1. The van der Waals surface area contributed by atoms with Crippen LogP contribution in [0.1, 0.15) is 34.8 Å². The number of hydrogen-bond acceptors (Lipinski definition) is 2. The average molecular weight is 269 g/mol. The molecule has 0 amide bonds. The number of hydrogen-bond donors (Lipinski definition) is 2. The molecule has 2 heteroatoms. The number of para-hydroxylation sites is 1. The molecule has 0 aliphatic heterocycles. The minimum absolute atomic E-state index is 0.410. The summed E-state index contributed by atoms with van der Waals surface area (Å²) in [4.78, 5) is 0. The Bertz CT molecular complexity index is 540. The SMILES string of the molecule is Cc1cc(C)c(C(O)CCNc2ccccc2)c(C)c1. The molecule has 1 unspecified atom stereocenters. The summed E-state index contributed by atoms with van der Waals surface area (Å²) in [7, 11) is 0. The Morgan fingerprint density at radius 3 is 2.20 bits per heavy atom. The van der Waals surface area contributed by atoms with Crippen LogP contribution in [0, 0.1) is 20.8 Å². The predicted molar refractivity (Wildman–Crippen MR) is 85.2 cm³/mol. The van der Waals surface area contributed by atoms with E-state index >= 15 is 0 Å². The Morgan fingerprint density at radius 1 is 1.00 bits per heavy atom. The van der Waals surface area contributed by atoms with Crippen molar-refractivity contribution < 1.29 is 5.11 Å². The Labute approximate surface area is 121 Å². The lowest BCUT2D eigenvalue weighted by molar-refractivity contribution is 0.170. The standard InChI is InChI=1S/C18H23NO/c1-13-11-14(2)18(15(3)12-13)17(20)9-10-19-16-7-5-4-6-8-16/h4-8,11-12,17,19-20H,9-10H2,1-3H3. The van der Waals surface area contributed by atoms with Crippen LogP contribution in [0.25, 0.3) is 0 Å². The van der Waals surface area contributed by atoms with E-state index in [0.717, 1.165) is 17.8 Å². The molecule has 20 heavy (non-hydrogen) atoms. The van der Waals surface area contributed by atoms with Gasteiger partial charge in [-0.05, 0) is 56.0 Å². The highest BCUT2D eigenvalue weighted by Crippen LogP contribution is 2.25. The highest BCUT2D eigenvalue weighted by atomic mass is 16.3. The quantitative estimate of drug-likeness (QED) is 0.854. The smallest absolute Gasteiger partial charge is 0.0811 e. The van der Waals surface area contributed by atoms with Crippen LogP contribution in [0.4, 0.5) is 5.69 Å². The van der Waals surface area contributed by atoms with Crippen molar-refractivity contribution >= 4 is 5.69 Å². The van der Waals surface area contributed by atoms with Gasteiger partial charge in [-0.15, -0.1) is 0 Å². The van der Waals surface area contributed by atoms with Gasteiger partial charge in [0.2, 0.25) is 0 Å². The number of benzene rings is 2. The number of anilines is 1. The number of aryl methyl sites for hydroxylation is 3. The van der Waals surface area contributed by atoms with Gasteiger partial charge in [-0.1, -0.05) is 35.9 Å². The average Bonchev–Trinajstić information content (AvgIpc) is 2.38. The van der Waals surface area contributed by atoms with E-state index in [2.05, 4.69) is 38.2 Å². The molecular weight excluding hydrogens is 246 g/mol. The summed E-state index contributed by atoms with van der Waals surface area (Å²) < 4.78 is 0. The van der Waals surface area contributed by atoms with Gasteiger partial charge in [0.25, 0.3) is 0 Å². The van der Waals surface area contributed by atoms with Crippen LogP contribution in [0.3, 0.4) is 0 Å². The zero-order valence-corrected chi connectivity index (χ0v) is 12.5. The first-order chi connectivity index (χ1) is 9.58. The molecule has 0 aliphatic carbocycles. The van der Waals surface area contributed by atoms with Gasteiger partial charge in [-0.2, -0.15) is 0 Å². The summed E-state index contributed by atoms with van der Waals surface area (Å²) in [5.41, 5.74) is 5.77. The second-order valence-electron chi connectivity index (χ2n) is 5.41. The normalized spacial score (nSPS) is 12.2. The second-order valence-corrected chi connectivity index (χ2v) is 5.41. The van der Waals surface area contributed by atoms with E-state index in [1.165, 1.54) is 16.7 Å². The van der Waals surface area contributed by atoms with E-state index < -0.39 is 6.10 Å². The van der Waals surface area contributed by atoms with Crippen LogP contribution in [0.15, 0.2) is 42.5 Å². The fourth-order valence-electron chi connectivity index (χ4n) is 2.77. The number of aliphatic hydroxyl groups is 1. The Kier molecular flexibility index (Phi) is 4.80. The van der Waals surface area contributed by atoms with Crippen molar-refractivity contribution in [2.45, 2.75) is 33.3 Å². The van der Waals surface area contributed by atoms with Crippen molar-refractivity contribution in [3.8, 4) is 0 Å². The maximum Gasteiger partial charge on any atom is 0.0811 e. The number of aliphatic hydroxyl groups excluding tert-OH is 1. The first kappa shape index (κ1) is 14.6. The van der Waals surface area contributed by atoms with Crippen LogP contribution in [0.5, 0.6) is 0 Å². The molecule has 2 nitrogen and oxygen atoms in total. The third-order valence-corrected chi connectivity index (χ3v) is 3.59. The summed E-state index contributed by atoms with van der Waals surface area (Å²) in [6.07, 6.45) is 0.298. The summed E-state index contributed by atoms with van der Waals surface area (Å²) in [5.74, 6) is 0. The first-order valence-corrected chi connectivity index (χ1v) is 7.12. The van der Waals surface area contributed by atoms with Crippen molar-refractivity contribution in [1.82, 2.24) is 0 Å². The minimum Gasteiger partial charge on any atom is -0.388 e. The highest BCUT2D eigenvalue weighted by molar-refractivity contribution is 5.43. The maximum atomic E-state index is 10.4. The summed E-state index contributed by atoms with van der Waals surface area (Å²) in [6.45, 7) is 7.00. The summed E-state index contributed by atoms with van der Waals surface area (Å²) in [5, 5.41) is 13.7. The van der Waals surface area contributed by atoms with Crippen molar-refractivity contribution in [3.05, 3.63) is 64.7 Å². The predicted octanol–water partition coefficient (Wildman–Crippen LogP) is 4.15. The van der Waals surface area contributed by atoms with Crippen LogP contribution in [-0.2, 0) is 0 Å². The Morgan fingerprint density at radius 2 is 1.60 bits per heavy atom. The van der Waals surface area contributed by atoms with Crippen molar-refractivity contribution in [3.63, 3.8) is 0 Å². The van der Waals surface area contributed by atoms with Crippen molar-refractivity contribution in [2.75, 3.05) is 11.9 Å². The molecule has 106 valence electrons. The lowest BCUT2D eigenvalue weighted by Crippen LogP contribution is -2.10. The summed E-state index contributed by atoms with van der Waals surface area (Å²) >= 11 is 0. The van der Waals surface area contributed by atoms with E-state index in [-0.39, 0.29) is 0 Å². The van der Waals surface area contributed by atoms with E-state index in [1.807, 2.05) is 30.3 Å². The third kappa shape index (κ3) is 3.61. The molecule has 1 atom stereocenters. The fourth-order valence-corrected chi connectivity index (χ4v) is 2.77. The molecule has 0 bridgehead atoms. The van der Waals surface area contributed by atoms with Gasteiger partial charge < -0.3 is 10.4 Å².